The minimum absolute atomic E-state index is 0.0404. The van der Waals surface area contributed by atoms with Gasteiger partial charge in [0.05, 0.1) is 16.3 Å². The molecule has 1 fully saturated rings. The molecule has 0 unspecified atom stereocenters. The maximum Gasteiger partial charge on any atom is 0.273 e. The van der Waals surface area contributed by atoms with E-state index < -0.39 is 4.92 Å². The van der Waals surface area contributed by atoms with Gasteiger partial charge in [-0.2, -0.15) is 0 Å². The Morgan fingerprint density at radius 1 is 1.37 bits per heavy atom. The van der Waals surface area contributed by atoms with Crippen molar-refractivity contribution in [2.75, 3.05) is 39.3 Å². The molecule has 2 heterocycles. The van der Waals surface area contributed by atoms with Gasteiger partial charge in [0.15, 0.2) is 5.69 Å². The van der Waals surface area contributed by atoms with Gasteiger partial charge in [0.25, 0.3) is 11.6 Å². The molecule has 0 aliphatic carbocycles. The van der Waals surface area contributed by atoms with Crippen molar-refractivity contribution in [1.29, 1.82) is 0 Å². The summed E-state index contributed by atoms with van der Waals surface area (Å²) in [5.74, 6) is -0.288. The average Bonchev–Trinajstić information content (AvgIpc) is 3.07. The summed E-state index contributed by atoms with van der Waals surface area (Å²) in [7, 11) is 0. The van der Waals surface area contributed by atoms with Crippen LogP contribution in [0.1, 0.15) is 22.6 Å². The standard InChI is InChI=1S/C17H23N7O3/c1-13-16(17(25)19-6-3-9-22-10-7-18-8-11-22)20-21-23(13)14-4-2-5-15(12-14)24(26)27/h2,4-5,12,18H,3,6-11H2,1H3,(H,19,25). The van der Waals surface area contributed by atoms with Crippen molar-refractivity contribution in [3.8, 4) is 5.69 Å². The third-order valence-electron chi connectivity index (χ3n) is 4.54. The zero-order valence-corrected chi connectivity index (χ0v) is 15.2. The number of piperazine rings is 1. The van der Waals surface area contributed by atoms with Crippen molar-refractivity contribution in [2.45, 2.75) is 13.3 Å². The number of carbonyl (C=O) groups is 1. The van der Waals surface area contributed by atoms with Gasteiger partial charge in [0.2, 0.25) is 0 Å². The highest BCUT2D eigenvalue weighted by atomic mass is 16.6. The van der Waals surface area contributed by atoms with E-state index in [0.717, 1.165) is 39.1 Å². The number of nitrogens with zero attached hydrogens (tertiary/aromatic N) is 5. The van der Waals surface area contributed by atoms with Crippen LogP contribution >= 0.6 is 0 Å². The third kappa shape index (κ3) is 4.66. The molecule has 1 saturated heterocycles. The molecule has 144 valence electrons. The van der Waals surface area contributed by atoms with Crippen molar-refractivity contribution in [1.82, 2.24) is 30.5 Å². The fraction of sp³-hybridized carbons (Fsp3) is 0.471. The van der Waals surface area contributed by atoms with Crippen LogP contribution in [0.15, 0.2) is 24.3 Å². The van der Waals surface area contributed by atoms with Crippen molar-refractivity contribution < 1.29 is 9.72 Å². The van der Waals surface area contributed by atoms with Crippen LogP contribution in [0.4, 0.5) is 5.69 Å². The van der Waals surface area contributed by atoms with Crippen molar-refractivity contribution >= 4 is 11.6 Å². The lowest BCUT2D eigenvalue weighted by Crippen LogP contribution is -2.44. The fourth-order valence-electron chi connectivity index (χ4n) is 3.05. The summed E-state index contributed by atoms with van der Waals surface area (Å²) in [5.41, 5.74) is 1.21. The molecule has 0 radical (unpaired) electrons. The lowest BCUT2D eigenvalue weighted by atomic mass is 10.2. The number of benzene rings is 1. The second-order valence-electron chi connectivity index (χ2n) is 6.41. The van der Waals surface area contributed by atoms with Gasteiger partial charge < -0.3 is 15.5 Å². The number of nitro groups is 1. The van der Waals surface area contributed by atoms with Crippen LogP contribution in [-0.2, 0) is 0 Å². The fourth-order valence-corrected chi connectivity index (χ4v) is 3.05. The number of aromatic nitrogens is 3. The Morgan fingerprint density at radius 3 is 2.89 bits per heavy atom. The molecule has 2 N–H and O–H groups in total. The normalized spacial score (nSPS) is 14.9. The van der Waals surface area contributed by atoms with E-state index in [4.69, 9.17) is 0 Å². The lowest BCUT2D eigenvalue weighted by Gasteiger charge is -2.26. The van der Waals surface area contributed by atoms with Gasteiger partial charge >= 0.3 is 0 Å². The first-order valence-electron chi connectivity index (χ1n) is 8.94. The zero-order chi connectivity index (χ0) is 19.2. The number of nitrogens with one attached hydrogen (secondary N) is 2. The number of rotatable bonds is 7. The highest BCUT2D eigenvalue weighted by Gasteiger charge is 2.18. The van der Waals surface area contributed by atoms with E-state index in [-0.39, 0.29) is 17.3 Å². The molecule has 3 rings (SSSR count). The molecule has 10 nitrogen and oxygen atoms in total. The van der Waals surface area contributed by atoms with E-state index in [1.165, 1.54) is 16.8 Å². The molecule has 2 aromatic rings. The summed E-state index contributed by atoms with van der Waals surface area (Å²) in [4.78, 5) is 25.2. The topological polar surface area (TPSA) is 118 Å². The molecule has 1 aliphatic heterocycles. The summed E-state index contributed by atoms with van der Waals surface area (Å²) in [6, 6.07) is 6.06. The van der Waals surface area contributed by atoms with Crippen LogP contribution in [0.5, 0.6) is 0 Å². The number of amides is 1. The van der Waals surface area contributed by atoms with E-state index >= 15 is 0 Å². The molecule has 0 saturated carbocycles. The SMILES string of the molecule is Cc1c(C(=O)NCCCN2CCNCC2)nnn1-c1cccc([N+](=O)[O-])c1. The Hall–Kier alpha value is -2.85. The minimum Gasteiger partial charge on any atom is -0.351 e. The summed E-state index contributed by atoms with van der Waals surface area (Å²) >= 11 is 0. The van der Waals surface area contributed by atoms with E-state index in [0.29, 0.717) is 17.9 Å². The first-order valence-corrected chi connectivity index (χ1v) is 8.94. The first-order chi connectivity index (χ1) is 13.1. The molecular formula is C17H23N7O3. The lowest BCUT2D eigenvalue weighted by molar-refractivity contribution is -0.384. The molecule has 0 bridgehead atoms. The Bertz CT molecular complexity index is 815. The molecule has 10 heteroatoms. The van der Waals surface area contributed by atoms with Crippen LogP contribution in [0.25, 0.3) is 5.69 Å². The van der Waals surface area contributed by atoms with Gasteiger partial charge in [-0.15, -0.1) is 5.10 Å². The van der Waals surface area contributed by atoms with Crippen LogP contribution in [0, 0.1) is 17.0 Å². The highest BCUT2D eigenvalue weighted by Crippen LogP contribution is 2.18. The average molecular weight is 373 g/mol. The number of non-ortho nitro benzene ring substituents is 1. The van der Waals surface area contributed by atoms with Crippen molar-refractivity contribution in [3.63, 3.8) is 0 Å². The predicted molar refractivity (Wildman–Crippen MR) is 99.0 cm³/mol. The van der Waals surface area contributed by atoms with Gasteiger partial charge in [-0.05, 0) is 26.0 Å². The summed E-state index contributed by atoms with van der Waals surface area (Å²) in [6.45, 7) is 7.30. The second-order valence-corrected chi connectivity index (χ2v) is 6.41. The number of nitro benzene ring substituents is 1. The zero-order valence-electron chi connectivity index (χ0n) is 15.2. The van der Waals surface area contributed by atoms with E-state index in [1.807, 2.05) is 0 Å². The predicted octanol–water partition coefficient (Wildman–Crippen LogP) is 0.509. The largest absolute Gasteiger partial charge is 0.351 e. The molecular weight excluding hydrogens is 350 g/mol. The molecule has 1 amide bonds. The van der Waals surface area contributed by atoms with Crippen LogP contribution in [0.2, 0.25) is 0 Å². The van der Waals surface area contributed by atoms with Crippen molar-refractivity contribution in [2.24, 2.45) is 0 Å². The maximum absolute atomic E-state index is 12.4. The number of hydrogen-bond acceptors (Lipinski definition) is 7. The number of hydrogen-bond donors (Lipinski definition) is 2. The third-order valence-corrected chi connectivity index (χ3v) is 4.54. The molecule has 1 aliphatic rings. The highest BCUT2D eigenvalue weighted by molar-refractivity contribution is 5.93. The van der Waals surface area contributed by atoms with Crippen LogP contribution < -0.4 is 10.6 Å². The van der Waals surface area contributed by atoms with Gasteiger partial charge in [0.1, 0.15) is 0 Å². The summed E-state index contributed by atoms with van der Waals surface area (Å²) in [5, 5.41) is 25.0. The van der Waals surface area contributed by atoms with E-state index in [2.05, 4.69) is 25.8 Å². The second kappa shape index (κ2) is 8.69. The Morgan fingerprint density at radius 2 is 2.15 bits per heavy atom. The van der Waals surface area contributed by atoms with Crippen molar-refractivity contribution in [3.05, 3.63) is 45.8 Å². The number of carbonyl (C=O) groups excluding carboxylic acids is 1. The maximum atomic E-state index is 12.4. The Balaban J connectivity index is 1.58. The van der Waals surface area contributed by atoms with Gasteiger partial charge in [0, 0.05) is 44.9 Å². The molecule has 27 heavy (non-hydrogen) atoms. The van der Waals surface area contributed by atoms with Gasteiger partial charge in [-0.1, -0.05) is 11.3 Å². The Labute approximate surface area is 156 Å². The van der Waals surface area contributed by atoms with Crippen LogP contribution in [-0.4, -0.2) is 70.0 Å². The molecule has 1 aromatic heterocycles. The Kier molecular flexibility index (Phi) is 6.09. The molecule has 0 spiro atoms. The van der Waals surface area contributed by atoms with Crippen LogP contribution in [0.3, 0.4) is 0 Å². The quantitative estimate of drug-likeness (QED) is 0.412. The summed E-state index contributed by atoms with van der Waals surface area (Å²) in [6.07, 6.45) is 0.865. The monoisotopic (exact) mass is 373 g/mol. The van der Waals surface area contributed by atoms with E-state index in [1.54, 1.807) is 19.1 Å². The van der Waals surface area contributed by atoms with Gasteiger partial charge in [-0.25, -0.2) is 4.68 Å². The molecule has 1 aromatic carbocycles. The van der Waals surface area contributed by atoms with Gasteiger partial charge in [-0.3, -0.25) is 14.9 Å². The van der Waals surface area contributed by atoms with E-state index in [9.17, 15) is 14.9 Å². The smallest absolute Gasteiger partial charge is 0.273 e. The minimum atomic E-state index is -0.470. The first kappa shape index (κ1) is 18.9. The molecule has 0 atom stereocenters. The summed E-state index contributed by atoms with van der Waals surface area (Å²) < 4.78 is 1.43.